The van der Waals surface area contributed by atoms with Gasteiger partial charge in [0.05, 0.1) is 10.8 Å². The first-order chi connectivity index (χ1) is 57.9. The van der Waals surface area contributed by atoms with E-state index < -0.39 is 10.8 Å². The highest BCUT2D eigenvalue weighted by Gasteiger charge is 2.48. The number of aryl methyl sites for hydroxylation is 2. The average Bonchev–Trinajstić information content (AvgIpc) is 1.53. The summed E-state index contributed by atoms with van der Waals surface area (Å²) < 4.78 is 56.5. The van der Waals surface area contributed by atoms with Gasteiger partial charge in [0.15, 0.2) is 0 Å². The zero-order valence-corrected chi connectivity index (χ0v) is 64.6. The molecule has 562 valence electrons. The minimum Gasteiger partial charge on any atom is -0.457 e. The van der Waals surface area contributed by atoms with E-state index in [2.05, 4.69) is 267 Å². The number of ether oxygens (including phenoxy) is 2. The highest BCUT2D eigenvalue weighted by atomic mass is 19.1. The normalized spacial score (nSPS) is 14.4. The van der Waals surface area contributed by atoms with E-state index in [9.17, 15) is 0 Å². The molecule has 21 rings (SSSR count). The number of halogens is 2. The standard InChI is InChI=1S/C110H74F2N2O4/c1-5-71-23-51-87(52-24-71)115-89-55-35-77(36-56-89)109(75-31-39-79(111)40-32-75)101-19-11-7-15-91(101)93-59-47-85(67-103(93)109)113(83-49-61-107-99(65-83)95-17-9-13-21-105(95)117-107)81-43-27-73(28-44-81)97-63-70(4)98(64-69(97)3)74-29-45-82(46-30-74)114(84-50-62-108-100(66-84)96-18-10-14-22-106(96)118-108)86-48-60-94-92-16-8-12-20-102(92)110(104(94)68-86,76-33-41-80(112)42-34-76)78-37-57-90(58-38-78)116-88-53-25-72(6-2)26-54-88/h5-68H,1-2H2,3-4H3. The number of hydrogen-bond donors (Lipinski definition) is 0. The van der Waals surface area contributed by atoms with Crippen LogP contribution in [0.5, 0.6) is 23.0 Å². The second-order valence-corrected chi connectivity index (χ2v) is 30.7. The number of fused-ring (bicyclic) bond motifs is 12. The maximum Gasteiger partial charge on any atom is 0.135 e. The highest BCUT2D eigenvalue weighted by molar-refractivity contribution is 6.08. The predicted octanol–water partition coefficient (Wildman–Crippen LogP) is 30.3. The van der Waals surface area contributed by atoms with E-state index in [1.807, 2.05) is 133 Å². The third-order valence-electron chi connectivity index (χ3n) is 24.1. The first kappa shape index (κ1) is 70.7. The quantitative estimate of drug-likeness (QED) is 0.0853. The summed E-state index contributed by atoms with van der Waals surface area (Å²) >= 11 is 0. The number of para-hydroxylation sites is 2. The molecule has 0 radical (unpaired) electrons. The minimum absolute atomic E-state index is 0.305. The van der Waals surface area contributed by atoms with E-state index in [1.54, 1.807) is 24.3 Å². The molecule has 2 atom stereocenters. The molecule has 2 aromatic heterocycles. The number of benzene rings is 17. The number of rotatable bonds is 18. The molecule has 0 saturated carbocycles. The molecule has 17 aromatic carbocycles. The summed E-state index contributed by atoms with van der Waals surface area (Å²) in [4.78, 5) is 4.68. The fourth-order valence-corrected chi connectivity index (χ4v) is 18.6. The largest absolute Gasteiger partial charge is 0.457 e. The monoisotopic (exact) mass is 1520 g/mol. The van der Waals surface area contributed by atoms with Crippen molar-refractivity contribution in [3.05, 3.63) is 468 Å². The molecule has 6 nitrogen and oxygen atoms in total. The fourth-order valence-electron chi connectivity index (χ4n) is 18.6. The van der Waals surface area contributed by atoms with E-state index in [0.29, 0.717) is 11.5 Å². The second-order valence-electron chi connectivity index (χ2n) is 30.7. The van der Waals surface area contributed by atoms with Crippen molar-refractivity contribution in [3.63, 3.8) is 0 Å². The van der Waals surface area contributed by atoms with Crippen LogP contribution >= 0.6 is 0 Å². The molecule has 0 N–H and O–H groups in total. The number of furan rings is 2. The lowest BCUT2D eigenvalue weighted by molar-refractivity contribution is 0.482. The van der Waals surface area contributed by atoms with Crippen molar-refractivity contribution in [1.82, 2.24) is 0 Å². The van der Waals surface area contributed by atoms with Crippen LogP contribution in [0.4, 0.5) is 42.9 Å². The molecule has 0 fully saturated rings. The maximum absolute atomic E-state index is 15.3. The fraction of sp³-hybridized carbons (Fsp3) is 0.0364. The van der Waals surface area contributed by atoms with Gasteiger partial charge in [0.25, 0.3) is 0 Å². The van der Waals surface area contributed by atoms with E-state index in [0.717, 1.165) is 201 Å². The van der Waals surface area contributed by atoms with Gasteiger partial charge in [-0.05, 0) is 295 Å². The van der Waals surface area contributed by atoms with Crippen LogP contribution in [0, 0.1) is 25.5 Å². The van der Waals surface area contributed by atoms with Crippen molar-refractivity contribution in [2.75, 3.05) is 9.80 Å². The van der Waals surface area contributed by atoms with Crippen molar-refractivity contribution in [1.29, 1.82) is 0 Å². The van der Waals surface area contributed by atoms with Crippen LogP contribution in [-0.4, -0.2) is 0 Å². The van der Waals surface area contributed by atoms with E-state index >= 15 is 8.78 Å². The van der Waals surface area contributed by atoms with Gasteiger partial charge in [-0.3, -0.25) is 0 Å². The molecule has 2 unspecified atom stereocenters. The molecule has 0 saturated heterocycles. The van der Waals surface area contributed by atoms with Crippen molar-refractivity contribution >= 4 is 90.2 Å². The SMILES string of the molecule is C=Cc1ccc(Oc2ccc(C3(c4ccc(F)cc4)c4ccccc4-c4ccc(N(c5ccc(-c6cc(C)c(-c7ccc(N(c8ccc9c(c8)C(c8ccc(F)cc8)(c8ccc(Oc%10ccc(C=C)cc%10)cc8)c8ccccc8-9)c8ccc9oc%10ccccc%10c9c8)cc7)cc6C)cc5)c5ccc6oc7ccccc7c6c5)cc43)cc2)cc1. The Kier molecular flexibility index (Phi) is 17.1. The molecule has 0 aliphatic heterocycles. The molecule has 2 aliphatic carbocycles. The third kappa shape index (κ3) is 11.7. The van der Waals surface area contributed by atoms with Crippen LogP contribution in [0.25, 0.3) is 101 Å². The van der Waals surface area contributed by atoms with Gasteiger partial charge in [0.1, 0.15) is 57.0 Å². The van der Waals surface area contributed by atoms with Crippen LogP contribution in [0.3, 0.4) is 0 Å². The van der Waals surface area contributed by atoms with Gasteiger partial charge in [-0.25, -0.2) is 8.78 Å². The van der Waals surface area contributed by atoms with Crippen molar-refractivity contribution in [2.24, 2.45) is 0 Å². The molecule has 0 amide bonds. The Morgan fingerprint density at radius 2 is 0.576 bits per heavy atom. The summed E-state index contributed by atoms with van der Waals surface area (Å²) in [5.74, 6) is 2.22. The third-order valence-corrected chi connectivity index (χ3v) is 24.1. The Bertz CT molecular complexity index is 6740. The summed E-state index contributed by atoms with van der Waals surface area (Å²) in [5, 5.41) is 4.09. The van der Waals surface area contributed by atoms with E-state index in [1.165, 1.54) is 0 Å². The number of hydrogen-bond acceptors (Lipinski definition) is 6. The van der Waals surface area contributed by atoms with Crippen LogP contribution < -0.4 is 19.3 Å². The van der Waals surface area contributed by atoms with Gasteiger partial charge in [-0.2, -0.15) is 0 Å². The molecule has 0 bridgehead atoms. The lowest BCUT2D eigenvalue weighted by Gasteiger charge is -2.35. The molecule has 19 aromatic rings. The first-order valence-corrected chi connectivity index (χ1v) is 39.7. The predicted molar refractivity (Wildman–Crippen MR) is 478 cm³/mol. The maximum atomic E-state index is 15.3. The topological polar surface area (TPSA) is 51.2 Å². The zero-order chi connectivity index (χ0) is 79.3. The van der Waals surface area contributed by atoms with E-state index in [4.69, 9.17) is 18.3 Å². The summed E-state index contributed by atoms with van der Waals surface area (Å²) in [7, 11) is 0. The van der Waals surface area contributed by atoms with Gasteiger partial charge in [-0.15, -0.1) is 0 Å². The van der Waals surface area contributed by atoms with Crippen molar-refractivity contribution < 1.29 is 27.1 Å². The lowest BCUT2D eigenvalue weighted by Crippen LogP contribution is -2.28. The van der Waals surface area contributed by atoms with E-state index in [-0.39, 0.29) is 11.6 Å². The number of nitrogens with zero attached hydrogens (tertiary/aromatic N) is 2. The lowest BCUT2D eigenvalue weighted by atomic mass is 9.67. The van der Waals surface area contributed by atoms with Crippen LogP contribution in [-0.2, 0) is 10.8 Å². The average molecular weight is 1530 g/mol. The molecule has 118 heavy (non-hydrogen) atoms. The highest BCUT2D eigenvalue weighted by Crippen LogP contribution is 2.60. The summed E-state index contributed by atoms with van der Waals surface area (Å²) in [6, 6.07) is 129. The minimum atomic E-state index is -0.872. The molecule has 2 heterocycles. The summed E-state index contributed by atoms with van der Waals surface area (Å²) in [6.07, 6.45) is 3.64. The Balaban J connectivity index is 0.649. The Labute approximate surface area is 682 Å². The number of anilines is 6. The van der Waals surface area contributed by atoms with Crippen molar-refractivity contribution in [3.8, 4) is 67.5 Å². The zero-order valence-electron chi connectivity index (χ0n) is 64.6. The molecule has 0 spiro atoms. The molecule has 2 aliphatic rings. The van der Waals surface area contributed by atoms with Crippen molar-refractivity contribution in [2.45, 2.75) is 24.7 Å². The molecule has 8 heteroatoms. The van der Waals surface area contributed by atoms with Crippen LogP contribution in [0.2, 0.25) is 0 Å². The first-order valence-electron chi connectivity index (χ1n) is 39.7. The second kappa shape index (κ2) is 28.5. The van der Waals surface area contributed by atoms with Crippen LogP contribution in [0.1, 0.15) is 66.8 Å². The van der Waals surface area contributed by atoms with Gasteiger partial charge in [-0.1, -0.05) is 232 Å². The Morgan fingerprint density at radius 1 is 0.271 bits per heavy atom. The summed E-state index contributed by atoms with van der Waals surface area (Å²) in [6.45, 7) is 12.3. The van der Waals surface area contributed by atoms with Gasteiger partial charge in [0.2, 0.25) is 0 Å². The smallest absolute Gasteiger partial charge is 0.135 e. The Morgan fingerprint density at radius 3 is 0.958 bits per heavy atom. The molecular weight excluding hydrogens is 1450 g/mol. The van der Waals surface area contributed by atoms with Gasteiger partial charge < -0.3 is 28.1 Å². The summed E-state index contributed by atoms with van der Waals surface area (Å²) in [5.41, 5.74) is 28.6. The van der Waals surface area contributed by atoms with Crippen LogP contribution in [0.15, 0.2) is 398 Å². The van der Waals surface area contributed by atoms with Gasteiger partial charge in [0, 0.05) is 55.7 Å². The van der Waals surface area contributed by atoms with Gasteiger partial charge >= 0.3 is 0 Å². The molecular formula is C110H74F2N2O4. The Hall–Kier alpha value is -15.1.